The molecule has 0 saturated carbocycles. The highest BCUT2D eigenvalue weighted by Crippen LogP contribution is 2.24. The molecule has 2 aromatic rings. The van der Waals surface area contributed by atoms with E-state index >= 15 is 0 Å². The molecule has 0 spiro atoms. The third-order valence-corrected chi connectivity index (χ3v) is 5.75. The number of anilines is 1. The monoisotopic (exact) mass is 490 g/mol. The summed E-state index contributed by atoms with van der Waals surface area (Å²) in [5, 5.41) is 3.26. The van der Waals surface area contributed by atoms with Gasteiger partial charge in [-0.15, -0.1) is 24.0 Å². The number of benzene rings is 2. The van der Waals surface area contributed by atoms with Crippen molar-refractivity contribution in [2.45, 2.75) is 51.6 Å². The van der Waals surface area contributed by atoms with Crippen molar-refractivity contribution >= 4 is 35.6 Å². The van der Waals surface area contributed by atoms with Crippen LogP contribution in [0.4, 0.5) is 5.69 Å². The first-order chi connectivity index (χ1) is 13.3. The van der Waals surface area contributed by atoms with Crippen LogP contribution in [0.1, 0.15) is 47.9 Å². The lowest BCUT2D eigenvalue weighted by Gasteiger charge is -2.27. The minimum absolute atomic E-state index is 0. The van der Waals surface area contributed by atoms with Crippen LogP contribution >= 0.6 is 24.0 Å². The zero-order valence-corrected chi connectivity index (χ0v) is 18.8. The van der Waals surface area contributed by atoms with E-state index in [0.717, 1.165) is 12.2 Å². The molecule has 2 aliphatic rings. The van der Waals surface area contributed by atoms with Crippen molar-refractivity contribution in [3.05, 3.63) is 64.7 Å². The number of halogens is 1. The lowest BCUT2D eigenvalue weighted by atomic mass is 10.1. The highest BCUT2D eigenvalue weighted by Gasteiger charge is 2.13. The number of nitrogens with zero attached hydrogens (tertiary/aromatic N) is 2. The molecule has 0 amide bonds. The number of nitrogens with two attached hydrogens (primary N) is 1. The Hall–Kier alpha value is -1.60. The minimum Gasteiger partial charge on any atom is -0.370 e. The number of piperidine rings is 1. The molecule has 4 nitrogen and oxygen atoms in total. The molecule has 1 aliphatic carbocycles. The van der Waals surface area contributed by atoms with Crippen LogP contribution in [0.3, 0.4) is 0 Å². The van der Waals surface area contributed by atoms with E-state index in [1.165, 1.54) is 73.9 Å². The molecule has 0 radical (unpaired) electrons. The molecular weight excluding hydrogens is 459 g/mol. The van der Waals surface area contributed by atoms with Crippen molar-refractivity contribution < 1.29 is 0 Å². The summed E-state index contributed by atoms with van der Waals surface area (Å²) in [4.78, 5) is 7.16. The van der Waals surface area contributed by atoms with Gasteiger partial charge in [0, 0.05) is 12.2 Å². The molecule has 1 aliphatic heterocycles. The van der Waals surface area contributed by atoms with Crippen LogP contribution < -0.4 is 11.1 Å². The van der Waals surface area contributed by atoms with E-state index in [0.29, 0.717) is 12.5 Å². The summed E-state index contributed by atoms with van der Waals surface area (Å²) in [5.41, 5.74) is 12.8. The number of guanidine groups is 1. The number of hydrogen-bond donors (Lipinski definition) is 2. The van der Waals surface area contributed by atoms with E-state index in [-0.39, 0.29) is 24.0 Å². The van der Waals surface area contributed by atoms with Crippen LogP contribution in [-0.4, -0.2) is 23.9 Å². The summed E-state index contributed by atoms with van der Waals surface area (Å²) in [6.07, 6.45) is 7.64. The van der Waals surface area contributed by atoms with Crippen LogP contribution in [0.2, 0.25) is 0 Å². The van der Waals surface area contributed by atoms with E-state index < -0.39 is 0 Å². The molecule has 0 atom stereocenters. The number of hydrogen-bond acceptors (Lipinski definition) is 2. The standard InChI is InChI=1S/C23H30N4.HI/c24-23(26-22-12-11-18-9-6-10-19(18)15-22)25-16-20-7-2-3-8-21(20)17-27-13-4-1-5-14-27;/h2-3,7-8,11-12,15H,1,4-6,9-10,13-14,16-17H2,(H3,24,25,26);1H. The predicted octanol–water partition coefficient (Wildman–Crippen LogP) is 4.71. The van der Waals surface area contributed by atoms with Gasteiger partial charge in [-0.25, -0.2) is 4.99 Å². The topological polar surface area (TPSA) is 53.6 Å². The first-order valence-electron chi connectivity index (χ1n) is 10.3. The highest BCUT2D eigenvalue weighted by atomic mass is 127. The normalized spacial score (nSPS) is 17.1. The molecule has 28 heavy (non-hydrogen) atoms. The quantitative estimate of drug-likeness (QED) is 0.363. The molecule has 4 rings (SSSR count). The number of aryl methyl sites for hydroxylation is 2. The fourth-order valence-electron chi connectivity index (χ4n) is 4.23. The fraction of sp³-hybridized carbons (Fsp3) is 0.435. The van der Waals surface area contributed by atoms with Gasteiger partial charge in [0.1, 0.15) is 0 Å². The molecule has 150 valence electrons. The Bertz CT molecular complexity index is 812. The van der Waals surface area contributed by atoms with Gasteiger partial charge in [0.05, 0.1) is 6.54 Å². The first-order valence-corrected chi connectivity index (χ1v) is 10.3. The Balaban J connectivity index is 0.00000225. The van der Waals surface area contributed by atoms with Gasteiger partial charge in [0.15, 0.2) is 5.96 Å². The molecule has 3 N–H and O–H groups in total. The zero-order chi connectivity index (χ0) is 18.5. The second-order valence-electron chi connectivity index (χ2n) is 7.77. The summed E-state index contributed by atoms with van der Waals surface area (Å²) in [6.45, 7) is 4.05. The van der Waals surface area contributed by atoms with Gasteiger partial charge >= 0.3 is 0 Å². The maximum atomic E-state index is 6.16. The Labute approximate surface area is 185 Å². The largest absolute Gasteiger partial charge is 0.370 e. The van der Waals surface area contributed by atoms with E-state index in [2.05, 4.69) is 57.7 Å². The predicted molar refractivity (Wildman–Crippen MR) is 128 cm³/mol. The lowest BCUT2D eigenvalue weighted by Crippen LogP contribution is -2.29. The number of aliphatic imine (C=N–C) groups is 1. The molecule has 0 unspecified atom stereocenters. The number of likely N-dealkylation sites (tertiary alicyclic amines) is 1. The number of nitrogens with one attached hydrogen (secondary N) is 1. The summed E-state index contributed by atoms with van der Waals surface area (Å²) in [7, 11) is 0. The van der Waals surface area contributed by atoms with E-state index in [4.69, 9.17) is 5.73 Å². The smallest absolute Gasteiger partial charge is 0.193 e. The third-order valence-electron chi connectivity index (χ3n) is 5.75. The summed E-state index contributed by atoms with van der Waals surface area (Å²) in [5.74, 6) is 0.487. The van der Waals surface area contributed by atoms with Crippen LogP contribution in [0.5, 0.6) is 0 Å². The Morgan fingerprint density at radius 2 is 1.68 bits per heavy atom. The first kappa shape index (κ1) is 21.1. The second-order valence-corrected chi connectivity index (χ2v) is 7.77. The summed E-state index contributed by atoms with van der Waals surface area (Å²) >= 11 is 0. The van der Waals surface area contributed by atoms with Crippen LogP contribution in [0.25, 0.3) is 0 Å². The molecule has 5 heteroatoms. The van der Waals surface area contributed by atoms with Gasteiger partial charge in [-0.3, -0.25) is 4.90 Å². The van der Waals surface area contributed by atoms with Crippen LogP contribution in [-0.2, 0) is 25.9 Å². The van der Waals surface area contributed by atoms with Gasteiger partial charge in [-0.2, -0.15) is 0 Å². The second kappa shape index (κ2) is 10.3. The highest BCUT2D eigenvalue weighted by molar-refractivity contribution is 14.0. The maximum absolute atomic E-state index is 6.16. The number of fused-ring (bicyclic) bond motifs is 1. The molecule has 0 bridgehead atoms. The SMILES string of the molecule is I.NC(=NCc1ccccc1CN1CCCCC1)Nc1ccc2c(c1)CCC2. The van der Waals surface area contributed by atoms with E-state index in [1.807, 2.05) is 0 Å². The van der Waals surface area contributed by atoms with Crippen molar-refractivity contribution in [1.82, 2.24) is 4.90 Å². The Morgan fingerprint density at radius 1 is 0.929 bits per heavy atom. The minimum atomic E-state index is 0. The van der Waals surface area contributed by atoms with Crippen LogP contribution in [0, 0.1) is 0 Å². The van der Waals surface area contributed by atoms with Gasteiger partial charge in [0.2, 0.25) is 0 Å². The van der Waals surface area contributed by atoms with E-state index in [9.17, 15) is 0 Å². The molecular formula is C23H31IN4. The molecule has 2 aromatic carbocycles. The Kier molecular flexibility index (Phi) is 7.73. The van der Waals surface area contributed by atoms with Crippen LogP contribution in [0.15, 0.2) is 47.5 Å². The average Bonchev–Trinajstić information content (AvgIpc) is 3.16. The number of rotatable bonds is 5. The van der Waals surface area contributed by atoms with Crippen molar-refractivity contribution in [1.29, 1.82) is 0 Å². The molecule has 1 saturated heterocycles. The molecule has 0 aromatic heterocycles. The Morgan fingerprint density at radius 3 is 2.50 bits per heavy atom. The van der Waals surface area contributed by atoms with E-state index in [1.54, 1.807) is 0 Å². The van der Waals surface area contributed by atoms with Gasteiger partial charge in [-0.05, 0) is 79.6 Å². The fourth-order valence-corrected chi connectivity index (χ4v) is 4.23. The summed E-state index contributed by atoms with van der Waals surface area (Å²) in [6, 6.07) is 15.2. The average molecular weight is 490 g/mol. The zero-order valence-electron chi connectivity index (χ0n) is 16.5. The molecule has 1 fully saturated rings. The lowest BCUT2D eigenvalue weighted by molar-refractivity contribution is 0.220. The third kappa shape index (κ3) is 5.47. The maximum Gasteiger partial charge on any atom is 0.193 e. The van der Waals surface area contributed by atoms with Gasteiger partial charge < -0.3 is 11.1 Å². The van der Waals surface area contributed by atoms with Crippen molar-refractivity contribution in [3.8, 4) is 0 Å². The van der Waals surface area contributed by atoms with Gasteiger partial charge in [0.25, 0.3) is 0 Å². The summed E-state index contributed by atoms with van der Waals surface area (Å²) < 4.78 is 0. The van der Waals surface area contributed by atoms with Crippen molar-refractivity contribution in [3.63, 3.8) is 0 Å². The van der Waals surface area contributed by atoms with Crippen molar-refractivity contribution in [2.24, 2.45) is 10.7 Å². The van der Waals surface area contributed by atoms with Crippen molar-refractivity contribution in [2.75, 3.05) is 18.4 Å². The van der Waals surface area contributed by atoms with Gasteiger partial charge in [-0.1, -0.05) is 36.8 Å². The molecule has 1 heterocycles.